The first-order chi connectivity index (χ1) is 12.0. The molecule has 1 heterocycles. The normalized spacial score (nSPS) is 23.9. The van der Waals surface area contributed by atoms with Gasteiger partial charge in [0.2, 0.25) is 5.91 Å². The second-order valence-electron chi connectivity index (χ2n) is 6.73. The summed E-state index contributed by atoms with van der Waals surface area (Å²) in [6.07, 6.45) is 5.73. The van der Waals surface area contributed by atoms with Crippen LogP contribution >= 0.6 is 0 Å². The van der Waals surface area contributed by atoms with Gasteiger partial charge in [0, 0.05) is 5.69 Å². The third-order valence-corrected chi connectivity index (χ3v) is 4.77. The monoisotopic (exact) mass is 345 g/mol. The molecule has 1 aromatic rings. The van der Waals surface area contributed by atoms with Gasteiger partial charge in [-0.3, -0.25) is 14.9 Å². The van der Waals surface area contributed by atoms with E-state index in [1.807, 2.05) is 0 Å². The number of rotatable bonds is 5. The minimum atomic E-state index is -1.14. The molecule has 1 unspecified atom stereocenters. The maximum Gasteiger partial charge on any atom is 0.322 e. The number of hydrogen-bond acceptors (Lipinski definition) is 4. The van der Waals surface area contributed by atoms with Crippen LogP contribution in [0.4, 0.5) is 10.5 Å². The number of urea groups is 1. The SMILES string of the molecule is CC1(c2cccc(NC(=O)COC3CCCCC3)c2)NC(=O)NC1=O. The number of amides is 4. The van der Waals surface area contributed by atoms with Crippen molar-refractivity contribution in [3.8, 4) is 0 Å². The molecule has 1 aliphatic carbocycles. The second-order valence-corrected chi connectivity index (χ2v) is 6.73. The van der Waals surface area contributed by atoms with E-state index in [4.69, 9.17) is 4.74 Å². The van der Waals surface area contributed by atoms with E-state index in [2.05, 4.69) is 16.0 Å². The van der Waals surface area contributed by atoms with Crippen LogP contribution in [0.5, 0.6) is 0 Å². The molecule has 1 aliphatic heterocycles. The molecule has 2 fully saturated rings. The molecule has 1 saturated carbocycles. The van der Waals surface area contributed by atoms with Crippen LogP contribution in [-0.2, 0) is 19.9 Å². The Balaban J connectivity index is 1.60. The molecule has 1 aromatic carbocycles. The average molecular weight is 345 g/mol. The van der Waals surface area contributed by atoms with Crippen LogP contribution in [0.2, 0.25) is 0 Å². The summed E-state index contributed by atoms with van der Waals surface area (Å²) in [5.74, 6) is -0.644. The van der Waals surface area contributed by atoms with Crippen LogP contribution in [-0.4, -0.2) is 30.6 Å². The summed E-state index contributed by atoms with van der Waals surface area (Å²) in [6.45, 7) is 1.64. The third kappa shape index (κ3) is 3.99. The van der Waals surface area contributed by atoms with Gasteiger partial charge in [-0.25, -0.2) is 4.79 Å². The fourth-order valence-electron chi connectivity index (χ4n) is 3.28. The van der Waals surface area contributed by atoms with Crippen molar-refractivity contribution in [3.05, 3.63) is 29.8 Å². The molecule has 1 saturated heterocycles. The lowest BCUT2D eigenvalue weighted by Crippen LogP contribution is -2.40. The molecule has 0 aromatic heterocycles. The predicted molar refractivity (Wildman–Crippen MR) is 91.9 cm³/mol. The second kappa shape index (κ2) is 7.23. The number of imide groups is 1. The van der Waals surface area contributed by atoms with E-state index in [1.165, 1.54) is 6.42 Å². The number of carbonyl (C=O) groups excluding carboxylic acids is 3. The van der Waals surface area contributed by atoms with Crippen molar-refractivity contribution in [2.24, 2.45) is 0 Å². The van der Waals surface area contributed by atoms with Crippen molar-refractivity contribution >= 4 is 23.5 Å². The predicted octanol–water partition coefficient (Wildman–Crippen LogP) is 2.03. The number of carbonyl (C=O) groups is 3. The highest BCUT2D eigenvalue weighted by molar-refractivity contribution is 6.07. The number of nitrogens with one attached hydrogen (secondary N) is 3. The van der Waals surface area contributed by atoms with Gasteiger partial charge >= 0.3 is 6.03 Å². The number of ether oxygens (including phenoxy) is 1. The lowest BCUT2D eigenvalue weighted by molar-refractivity contribution is -0.124. The van der Waals surface area contributed by atoms with E-state index in [1.54, 1.807) is 31.2 Å². The lowest BCUT2D eigenvalue weighted by Gasteiger charge is -2.22. The Morgan fingerprint density at radius 1 is 1.28 bits per heavy atom. The molecule has 2 aliphatic rings. The number of hydrogen-bond donors (Lipinski definition) is 3. The summed E-state index contributed by atoms with van der Waals surface area (Å²) < 4.78 is 5.66. The Kier molecular flexibility index (Phi) is 5.03. The van der Waals surface area contributed by atoms with E-state index < -0.39 is 17.5 Å². The number of anilines is 1. The van der Waals surface area contributed by atoms with Gasteiger partial charge in [-0.2, -0.15) is 0 Å². The van der Waals surface area contributed by atoms with Gasteiger partial charge in [0.05, 0.1) is 6.10 Å². The standard InChI is InChI=1S/C18H23N3O4/c1-18(16(23)20-17(24)21-18)12-6-5-7-13(10-12)19-15(22)11-25-14-8-3-2-4-9-14/h5-7,10,14H,2-4,8-9,11H2,1H3,(H,19,22)(H2,20,21,23,24). The summed E-state index contributed by atoms with van der Waals surface area (Å²) >= 11 is 0. The fraction of sp³-hybridized carbons (Fsp3) is 0.500. The minimum absolute atomic E-state index is 0.0172. The molecule has 1 atom stereocenters. The first kappa shape index (κ1) is 17.4. The molecule has 3 N–H and O–H groups in total. The molecular weight excluding hydrogens is 322 g/mol. The molecule has 134 valence electrons. The van der Waals surface area contributed by atoms with E-state index in [9.17, 15) is 14.4 Å². The van der Waals surface area contributed by atoms with E-state index in [0.29, 0.717) is 11.3 Å². The Hall–Kier alpha value is -2.41. The van der Waals surface area contributed by atoms with Crippen molar-refractivity contribution in [2.45, 2.75) is 50.7 Å². The molecule has 0 bridgehead atoms. The Labute approximate surface area is 146 Å². The van der Waals surface area contributed by atoms with Crippen molar-refractivity contribution in [1.29, 1.82) is 0 Å². The first-order valence-electron chi connectivity index (χ1n) is 8.63. The van der Waals surface area contributed by atoms with Crippen LogP contribution in [0.25, 0.3) is 0 Å². The highest BCUT2D eigenvalue weighted by Crippen LogP contribution is 2.26. The highest BCUT2D eigenvalue weighted by atomic mass is 16.5. The van der Waals surface area contributed by atoms with Gasteiger partial charge in [-0.15, -0.1) is 0 Å². The topological polar surface area (TPSA) is 96.5 Å². The summed E-state index contributed by atoms with van der Waals surface area (Å²) in [4.78, 5) is 35.5. The minimum Gasteiger partial charge on any atom is -0.368 e. The van der Waals surface area contributed by atoms with Crippen LogP contribution in [0.1, 0.15) is 44.6 Å². The average Bonchev–Trinajstić information content (AvgIpc) is 2.87. The zero-order valence-corrected chi connectivity index (χ0v) is 14.3. The van der Waals surface area contributed by atoms with Gasteiger partial charge in [0.1, 0.15) is 12.1 Å². The van der Waals surface area contributed by atoms with Crippen LogP contribution in [0.3, 0.4) is 0 Å². The maximum atomic E-state index is 12.1. The summed E-state index contributed by atoms with van der Waals surface area (Å²) in [5.41, 5.74) is 0.0166. The zero-order valence-electron chi connectivity index (χ0n) is 14.3. The molecule has 4 amide bonds. The lowest BCUT2D eigenvalue weighted by atomic mass is 9.92. The maximum absolute atomic E-state index is 12.1. The molecule has 25 heavy (non-hydrogen) atoms. The van der Waals surface area contributed by atoms with Crippen molar-refractivity contribution in [2.75, 3.05) is 11.9 Å². The Morgan fingerprint density at radius 3 is 2.72 bits per heavy atom. The van der Waals surface area contributed by atoms with Crippen LogP contribution in [0, 0.1) is 0 Å². The smallest absolute Gasteiger partial charge is 0.322 e. The van der Waals surface area contributed by atoms with Gasteiger partial charge in [-0.05, 0) is 37.5 Å². The highest BCUT2D eigenvalue weighted by Gasteiger charge is 2.43. The van der Waals surface area contributed by atoms with Crippen LogP contribution in [0.15, 0.2) is 24.3 Å². The molecule has 7 heteroatoms. The third-order valence-electron chi connectivity index (χ3n) is 4.77. The zero-order chi connectivity index (χ0) is 17.9. The summed E-state index contributed by atoms with van der Waals surface area (Å²) in [6, 6.07) is 6.36. The molecule has 0 spiro atoms. The quantitative estimate of drug-likeness (QED) is 0.712. The summed E-state index contributed by atoms with van der Waals surface area (Å²) in [5, 5.41) is 7.61. The van der Waals surface area contributed by atoms with Gasteiger partial charge in [0.25, 0.3) is 5.91 Å². The molecule has 3 rings (SSSR count). The summed E-state index contributed by atoms with van der Waals surface area (Å²) in [7, 11) is 0. The van der Waals surface area contributed by atoms with Crippen LogP contribution < -0.4 is 16.0 Å². The van der Waals surface area contributed by atoms with E-state index in [-0.39, 0.29) is 18.6 Å². The van der Waals surface area contributed by atoms with E-state index in [0.717, 1.165) is 25.7 Å². The Bertz CT molecular complexity index is 685. The number of benzene rings is 1. The molecule has 7 nitrogen and oxygen atoms in total. The molecule has 0 radical (unpaired) electrons. The van der Waals surface area contributed by atoms with Gasteiger partial charge in [0.15, 0.2) is 0 Å². The van der Waals surface area contributed by atoms with Gasteiger partial charge < -0.3 is 15.4 Å². The Morgan fingerprint density at radius 2 is 2.04 bits per heavy atom. The van der Waals surface area contributed by atoms with Crippen molar-refractivity contribution in [3.63, 3.8) is 0 Å². The largest absolute Gasteiger partial charge is 0.368 e. The van der Waals surface area contributed by atoms with E-state index >= 15 is 0 Å². The fourth-order valence-corrected chi connectivity index (χ4v) is 3.28. The first-order valence-corrected chi connectivity index (χ1v) is 8.63. The van der Waals surface area contributed by atoms with Crippen molar-refractivity contribution < 1.29 is 19.1 Å². The van der Waals surface area contributed by atoms with Gasteiger partial charge in [-0.1, -0.05) is 31.4 Å². The van der Waals surface area contributed by atoms with Crippen molar-refractivity contribution in [1.82, 2.24) is 10.6 Å². The molecular formula is C18H23N3O4.